The molecular weight excluding hydrogens is 392 g/mol. The predicted octanol–water partition coefficient (Wildman–Crippen LogP) is 0.496. The van der Waals surface area contributed by atoms with Crippen LogP contribution in [0, 0.1) is 5.92 Å². The van der Waals surface area contributed by atoms with Crippen molar-refractivity contribution < 1.29 is 13.2 Å². The summed E-state index contributed by atoms with van der Waals surface area (Å²) < 4.78 is 27.8. The fourth-order valence-corrected chi connectivity index (χ4v) is 4.87. The predicted molar refractivity (Wildman–Crippen MR) is 106 cm³/mol. The molecule has 1 aromatic rings. The van der Waals surface area contributed by atoms with E-state index in [0.717, 1.165) is 6.42 Å². The first kappa shape index (κ1) is 23.6. The van der Waals surface area contributed by atoms with Gasteiger partial charge < -0.3 is 15.2 Å². The Bertz CT molecular complexity index is 807. The van der Waals surface area contributed by atoms with Crippen LogP contribution >= 0.6 is 12.4 Å². The highest BCUT2D eigenvalue weighted by Gasteiger charge is 2.31. The number of carbonyl (C=O) groups excluding carboxylic acids is 1. The molecule has 2 atom stereocenters. The third-order valence-electron chi connectivity index (χ3n) is 4.92. The van der Waals surface area contributed by atoms with E-state index in [-0.39, 0.29) is 41.7 Å². The fraction of sp³-hybridized carbons (Fsp3) is 0.647. The first-order valence-corrected chi connectivity index (χ1v) is 10.4. The van der Waals surface area contributed by atoms with E-state index in [1.807, 2.05) is 6.92 Å². The zero-order valence-electron chi connectivity index (χ0n) is 16.0. The highest BCUT2D eigenvalue weighted by atomic mass is 35.5. The van der Waals surface area contributed by atoms with Gasteiger partial charge in [0.25, 0.3) is 5.56 Å². The van der Waals surface area contributed by atoms with E-state index in [9.17, 15) is 18.0 Å². The van der Waals surface area contributed by atoms with Crippen molar-refractivity contribution in [2.75, 3.05) is 26.2 Å². The molecule has 0 radical (unpaired) electrons. The molecule has 1 aromatic heterocycles. The number of sulfonamides is 1. The molecule has 8 nitrogen and oxygen atoms in total. The summed E-state index contributed by atoms with van der Waals surface area (Å²) in [4.78, 5) is 26.5. The van der Waals surface area contributed by atoms with E-state index in [1.54, 1.807) is 18.7 Å². The van der Waals surface area contributed by atoms with Crippen LogP contribution in [0.15, 0.2) is 28.0 Å². The lowest BCUT2D eigenvalue weighted by molar-refractivity contribution is -0.132. The molecule has 0 spiro atoms. The number of aromatic nitrogens is 1. The minimum atomic E-state index is -3.69. The molecular formula is C17H29ClN4O4S. The number of rotatable bonds is 7. The van der Waals surface area contributed by atoms with Gasteiger partial charge in [0.15, 0.2) is 0 Å². The van der Waals surface area contributed by atoms with E-state index in [2.05, 4.69) is 0 Å². The van der Waals surface area contributed by atoms with Gasteiger partial charge in [-0.15, -0.1) is 12.4 Å². The van der Waals surface area contributed by atoms with Crippen LogP contribution in [-0.4, -0.2) is 60.3 Å². The standard InChI is InChI=1S/C17H28N4O4S.ClH/c1-4-20(5-2)26(24,25)15-6-7-16(22)19(11-15)12-17(23)21-10-14(9-18)8-13(21)3;/h6-7,11,13-14H,4-5,8-10,12,18H2,1-3H3;1H. The molecule has 0 saturated carbocycles. The van der Waals surface area contributed by atoms with E-state index < -0.39 is 15.6 Å². The lowest BCUT2D eigenvalue weighted by atomic mass is 10.1. The number of likely N-dealkylation sites (tertiary alicyclic amines) is 1. The normalized spacial score (nSPS) is 20.0. The first-order chi connectivity index (χ1) is 12.2. The molecule has 154 valence electrons. The summed E-state index contributed by atoms with van der Waals surface area (Å²) in [5.74, 6) is 0.0630. The molecule has 1 aliphatic rings. The third kappa shape index (κ3) is 5.10. The maximum atomic E-state index is 12.6. The maximum absolute atomic E-state index is 12.6. The first-order valence-electron chi connectivity index (χ1n) is 8.94. The van der Waals surface area contributed by atoms with Crippen LogP contribution in [0.1, 0.15) is 27.2 Å². The van der Waals surface area contributed by atoms with E-state index in [1.165, 1.54) is 27.2 Å². The van der Waals surface area contributed by atoms with Gasteiger partial charge in [0, 0.05) is 37.9 Å². The Balaban J connectivity index is 0.00000364. The number of pyridine rings is 1. The number of amides is 1. The molecule has 2 unspecified atom stereocenters. The van der Waals surface area contributed by atoms with E-state index in [0.29, 0.717) is 26.2 Å². The second-order valence-corrected chi connectivity index (χ2v) is 8.59. The Labute approximate surface area is 166 Å². The zero-order chi connectivity index (χ0) is 19.5. The van der Waals surface area contributed by atoms with Gasteiger partial charge >= 0.3 is 0 Å². The molecule has 2 rings (SSSR count). The van der Waals surface area contributed by atoms with Crippen molar-refractivity contribution in [1.82, 2.24) is 13.8 Å². The largest absolute Gasteiger partial charge is 0.338 e. The van der Waals surface area contributed by atoms with Gasteiger partial charge in [0.1, 0.15) is 6.54 Å². The number of hydrogen-bond acceptors (Lipinski definition) is 5. The average molecular weight is 421 g/mol. The van der Waals surface area contributed by atoms with Crippen LogP contribution in [0.25, 0.3) is 0 Å². The summed E-state index contributed by atoms with van der Waals surface area (Å²) in [5.41, 5.74) is 5.29. The van der Waals surface area contributed by atoms with Crippen molar-refractivity contribution >= 4 is 28.3 Å². The van der Waals surface area contributed by atoms with Crippen LogP contribution in [0.2, 0.25) is 0 Å². The molecule has 1 fully saturated rings. The molecule has 2 heterocycles. The minimum Gasteiger partial charge on any atom is -0.338 e. The highest BCUT2D eigenvalue weighted by Crippen LogP contribution is 2.22. The highest BCUT2D eigenvalue weighted by molar-refractivity contribution is 7.89. The van der Waals surface area contributed by atoms with Crippen molar-refractivity contribution in [2.24, 2.45) is 11.7 Å². The van der Waals surface area contributed by atoms with Gasteiger partial charge in [-0.1, -0.05) is 13.8 Å². The molecule has 27 heavy (non-hydrogen) atoms. The van der Waals surface area contributed by atoms with Crippen molar-refractivity contribution in [3.8, 4) is 0 Å². The second kappa shape index (κ2) is 9.68. The maximum Gasteiger partial charge on any atom is 0.251 e. The topological polar surface area (TPSA) is 106 Å². The molecule has 1 amide bonds. The van der Waals surface area contributed by atoms with Gasteiger partial charge in [-0.25, -0.2) is 8.42 Å². The summed E-state index contributed by atoms with van der Waals surface area (Å²) >= 11 is 0. The molecule has 1 aliphatic heterocycles. The van der Waals surface area contributed by atoms with Crippen LogP contribution in [0.3, 0.4) is 0 Å². The number of nitrogens with two attached hydrogens (primary N) is 1. The summed E-state index contributed by atoms with van der Waals surface area (Å²) in [6.45, 7) is 7.05. The number of halogens is 1. The number of hydrogen-bond donors (Lipinski definition) is 1. The molecule has 2 N–H and O–H groups in total. The van der Waals surface area contributed by atoms with Gasteiger partial charge in [-0.05, 0) is 31.9 Å². The van der Waals surface area contributed by atoms with Gasteiger partial charge in [0.2, 0.25) is 15.9 Å². The van der Waals surface area contributed by atoms with Crippen molar-refractivity contribution in [3.05, 3.63) is 28.7 Å². The van der Waals surface area contributed by atoms with E-state index >= 15 is 0 Å². The van der Waals surface area contributed by atoms with E-state index in [4.69, 9.17) is 5.73 Å². The smallest absolute Gasteiger partial charge is 0.251 e. The average Bonchev–Trinajstić information content (AvgIpc) is 2.98. The SMILES string of the molecule is CCN(CC)S(=O)(=O)c1ccc(=O)n(CC(=O)N2CC(CN)CC2C)c1.Cl. The minimum absolute atomic E-state index is 0. The monoisotopic (exact) mass is 420 g/mol. The molecule has 0 aliphatic carbocycles. The molecule has 1 saturated heterocycles. The van der Waals surface area contributed by atoms with Crippen LogP contribution in [-0.2, 0) is 21.4 Å². The Kier molecular flexibility index (Phi) is 8.47. The Morgan fingerprint density at radius 1 is 1.30 bits per heavy atom. The summed E-state index contributed by atoms with van der Waals surface area (Å²) in [6, 6.07) is 2.55. The molecule has 0 aromatic carbocycles. The zero-order valence-corrected chi connectivity index (χ0v) is 17.6. The fourth-order valence-electron chi connectivity index (χ4n) is 3.40. The van der Waals surface area contributed by atoms with Gasteiger partial charge in [0.05, 0.1) is 4.90 Å². The number of nitrogens with zero attached hydrogens (tertiary/aromatic N) is 3. The lowest BCUT2D eigenvalue weighted by Gasteiger charge is -2.22. The quantitative estimate of drug-likeness (QED) is 0.691. The Hall–Kier alpha value is -1.42. The molecule has 10 heteroatoms. The van der Waals surface area contributed by atoms with Crippen molar-refractivity contribution in [3.63, 3.8) is 0 Å². The third-order valence-corrected chi connectivity index (χ3v) is 6.95. The summed E-state index contributed by atoms with van der Waals surface area (Å²) in [5, 5.41) is 0. The Morgan fingerprint density at radius 2 is 1.93 bits per heavy atom. The summed E-state index contributed by atoms with van der Waals surface area (Å²) in [6.07, 6.45) is 2.10. The van der Waals surface area contributed by atoms with Crippen LogP contribution in [0.5, 0.6) is 0 Å². The van der Waals surface area contributed by atoms with Crippen LogP contribution < -0.4 is 11.3 Å². The number of carbonyl (C=O) groups is 1. The Morgan fingerprint density at radius 3 is 2.44 bits per heavy atom. The van der Waals surface area contributed by atoms with Crippen molar-refractivity contribution in [1.29, 1.82) is 0 Å². The van der Waals surface area contributed by atoms with Gasteiger partial charge in [-0.3, -0.25) is 9.59 Å². The van der Waals surface area contributed by atoms with Crippen LogP contribution in [0.4, 0.5) is 0 Å². The molecule has 0 bridgehead atoms. The van der Waals surface area contributed by atoms with Gasteiger partial charge in [-0.2, -0.15) is 4.31 Å². The summed E-state index contributed by atoms with van der Waals surface area (Å²) in [7, 11) is -3.69. The second-order valence-electron chi connectivity index (χ2n) is 6.65. The van der Waals surface area contributed by atoms with Crippen molar-refractivity contribution in [2.45, 2.75) is 44.7 Å². The lowest BCUT2D eigenvalue weighted by Crippen LogP contribution is -2.39.